The molecule has 1 aliphatic rings. The summed E-state index contributed by atoms with van der Waals surface area (Å²) in [5, 5.41) is 3.90. The van der Waals surface area contributed by atoms with Gasteiger partial charge in [-0.2, -0.15) is 5.10 Å². The molecule has 1 aromatic heterocycles. The number of hydrogen-bond acceptors (Lipinski definition) is 5. The van der Waals surface area contributed by atoms with Crippen molar-refractivity contribution in [1.29, 1.82) is 0 Å². The van der Waals surface area contributed by atoms with E-state index in [2.05, 4.69) is 5.10 Å². The first-order valence-electron chi connectivity index (χ1n) is 7.69. The summed E-state index contributed by atoms with van der Waals surface area (Å²) in [5.41, 5.74) is 1.30. The Morgan fingerprint density at radius 1 is 1.12 bits per heavy atom. The fourth-order valence-electron chi connectivity index (χ4n) is 2.59. The Balaban J connectivity index is 1.44. The molecule has 7 heteroatoms. The maximum absolute atomic E-state index is 12.2. The smallest absolute Gasteiger partial charge is 0.341 e. The highest BCUT2D eigenvalue weighted by atomic mass is 16.5. The van der Waals surface area contributed by atoms with Crippen molar-refractivity contribution in [2.24, 2.45) is 7.05 Å². The molecule has 2 heterocycles. The van der Waals surface area contributed by atoms with Gasteiger partial charge in [-0.05, 0) is 25.0 Å². The van der Waals surface area contributed by atoms with Gasteiger partial charge in [0.1, 0.15) is 0 Å². The second kappa shape index (κ2) is 6.66. The fourth-order valence-corrected chi connectivity index (χ4v) is 2.59. The number of rotatable bonds is 6. The van der Waals surface area contributed by atoms with Crippen LogP contribution < -0.4 is 0 Å². The number of ether oxygens (including phenoxy) is 1. The Hall–Kier alpha value is -2.96. The lowest BCUT2D eigenvalue weighted by Gasteiger charge is -2.13. The summed E-state index contributed by atoms with van der Waals surface area (Å²) in [7, 11) is 1.72. The number of fused-ring (bicyclic) bond motifs is 1. The number of benzene rings is 1. The number of unbranched alkanes of at least 4 members (excludes halogenated alkanes) is 1. The Morgan fingerprint density at radius 3 is 2.38 bits per heavy atom. The lowest BCUT2D eigenvalue weighted by molar-refractivity contribution is 0.0485. The van der Waals surface area contributed by atoms with Crippen LogP contribution in [0.4, 0.5) is 0 Å². The van der Waals surface area contributed by atoms with Crippen LogP contribution in [-0.2, 0) is 11.8 Å². The van der Waals surface area contributed by atoms with Crippen LogP contribution in [0.2, 0.25) is 0 Å². The van der Waals surface area contributed by atoms with Crippen LogP contribution in [0.3, 0.4) is 0 Å². The number of amides is 2. The molecule has 0 N–H and O–H groups in total. The first-order valence-corrected chi connectivity index (χ1v) is 7.69. The largest absolute Gasteiger partial charge is 0.462 e. The summed E-state index contributed by atoms with van der Waals surface area (Å²) in [6.07, 6.45) is 4.17. The third-order valence-corrected chi connectivity index (χ3v) is 3.83. The lowest BCUT2D eigenvalue weighted by Crippen LogP contribution is -2.30. The summed E-state index contributed by atoms with van der Waals surface area (Å²) < 4.78 is 6.67. The number of hydrogen-bond donors (Lipinski definition) is 0. The van der Waals surface area contributed by atoms with Crippen LogP contribution in [0.25, 0.3) is 0 Å². The highest BCUT2D eigenvalue weighted by molar-refractivity contribution is 6.21. The Labute approximate surface area is 138 Å². The summed E-state index contributed by atoms with van der Waals surface area (Å²) in [4.78, 5) is 37.3. The normalized spacial score (nSPS) is 13.3. The molecular formula is C17H17N3O4. The molecule has 0 aliphatic carbocycles. The second-order valence-corrected chi connectivity index (χ2v) is 5.55. The molecule has 1 aliphatic heterocycles. The van der Waals surface area contributed by atoms with Gasteiger partial charge in [-0.25, -0.2) is 4.79 Å². The van der Waals surface area contributed by atoms with Crippen molar-refractivity contribution in [2.45, 2.75) is 12.8 Å². The molecule has 0 spiro atoms. The fraction of sp³-hybridized carbons (Fsp3) is 0.294. The SMILES string of the molecule is Cn1cc(C(=O)OCCCCN2C(=O)c3ccccc3C2=O)cn1. The van der Waals surface area contributed by atoms with Gasteiger partial charge in [0.2, 0.25) is 0 Å². The average molecular weight is 327 g/mol. The molecule has 2 amide bonds. The molecule has 0 bridgehead atoms. The first kappa shape index (κ1) is 15.9. The van der Waals surface area contributed by atoms with Crippen LogP contribution >= 0.6 is 0 Å². The number of carbonyl (C=O) groups is 3. The zero-order chi connectivity index (χ0) is 17.1. The van der Waals surface area contributed by atoms with E-state index in [1.807, 2.05) is 0 Å². The highest BCUT2D eigenvalue weighted by Gasteiger charge is 2.34. The van der Waals surface area contributed by atoms with Gasteiger partial charge in [0.25, 0.3) is 11.8 Å². The van der Waals surface area contributed by atoms with Gasteiger partial charge in [-0.15, -0.1) is 0 Å². The van der Waals surface area contributed by atoms with Crippen LogP contribution in [0.1, 0.15) is 43.9 Å². The van der Waals surface area contributed by atoms with E-state index >= 15 is 0 Å². The molecular weight excluding hydrogens is 310 g/mol. The summed E-state index contributed by atoms with van der Waals surface area (Å²) in [5.74, 6) is -0.949. The zero-order valence-electron chi connectivity index (χ0n) is 13.3. The Kier molecular flexibility index (Phi) is 4.41. The molecule has 24 heavy (non-hydrogen) atoms. The van der Waals surface area contributed by atoms with Crippen molar-refractivity contribution in [3.8, 4) is 0 Å². The number of carbonyl (C=O) groups excluding carboxylic acids is 3. The monoisotopic (exact) mass is 327 g/mol. The maximum Gasteiger partial charge on any atom is 0.341 e. The molecule has 0 unspecified atom stereocenters. The molecule has 0 atom stereocenters. The van der Waals surface area contributed by atoms with Gasteiger partial charge in [0, 0.05) is 19.8 Å². The second-order valence-electron chi connectivity index (χ2n) is 5.55. The number of aryl methyl sites for hydroxylation is 1. The molecule has 7 nitrogen and oxygen atoms in total. The van der Waals surface area contributed by atoms with Crippen LogP contribution in [0.15, 0.2) is 36.7 Å². The van der Waals surface area contributed by atoms with Crippen molar-refractivity contribution in [3.63, 3.8) is 0 Å². The number of aromatic nitrogens is 2. The highest BCUT2D eigenvalue weighted by Crippen LogP contribution is 2.22. The molecule has 0 radical (unpaired) electrons. The van der Waals surface area contributed by atoms with E-state index in [-0.39, 0.29) is 18.4 Å². The van der Waals surface area contributed by atoms with Gasteiger partial charge < -0.3 is 4.74 Å². The zero-order valence-corrected chi connectivity index (χ0v) is 13.3. The number of esters is 1. The lowest BCUT2D eigenvalue weighted by atomic mass is 10.1. The van der Waals surface area contributed by atoms with Crippen molar-refractivity contribution in [2.75, 3.05) is 13.2 Å². The van der Waals surface area contributed by atoms with E-state index in [0.29, 0.717) is 36.1 Å². The summed E-state index contributed by atoms with van der Waals surface area (Å²) in [6.45, 7) is 0.549. The van der Waals surface area contributed by atoms with Crippen LogP contribution in [0.5, 0.6) is 0 Å². The first-order chi connectivity index (χ1) is 11.6. The van der Waals surface area contributed by atoms with E-state index in [4.69, 9.17) is 4.74 Å². The van der Waals surface area contributed by atoms with Gasteiger partial charge >= 0.3 is 5.97 Å². The molecule has 124 valence electrons. The van der Waals surface area contributed by atoms with Gasteiger partial charge in [0.15, 0.2) is 0 Å². The standard InChI is InChI=1S/C17H17N3O4/c1-19-11-12(10-18-19)17(23)24-9-5-4-8-20-15(21)13-6-2-3-7-14(13)16(20)22/h2-3,6-7,10-11H,4-5,8-9H2,1H3. The predicted octanol–water partition coefficient (Wildman–Crippen LogP) is 1.65. The molecule has 3 rings (SSSR count). The van der Waals surface area contributed by atoms with Crippen molar-refractivity contribution in [1.82, 2.24) is 14.7 Å². The Bertz CT molecular complexity index is 762. The topological polar surface area (TPSA) is 81.5 Å². The minimum Gasteiger partial charge on any atom is -0.462 e. The maximum atomic E-state index is 12.2. The summed E-state index contributed by atoms with van der Waals surface area (Å²) >= 11 is 0. The molecule has 1 aromatic carbocycles. The molecule has 2 aromatic rings. The van der Waals surface area contributed by atoms with E-state index in [9.17, 15) is 14.4 Å². The quantitative estimate of drug-likeness (QED) is 0.458. The number of nitrogens with zero attached hydrogens (tertiary/aromatic N) is 3. The van der Waals surface area contributed by atoms with E-state index < -0.39 is 5.97 Å². The van der Waals surface area contributed by atoms with E-state index in [1.54, 1.807) is 37.5 Å². The number of imide groups is 1. The third kappa shape index (κ3) is 3.05. The minimum absolute atomic E-state index is 0.233. The van der Waals surface area contributed by atoms with E-state index in [1.165, 1.54) is 15.8 Å². The summed E-state index contributed by atoms with van der Waals surface area (Å²) in [6, 6.07) is 6.80. The molecule has 0 saturated heterocycles. The van der Waals surface area contributed by atoms with Crippen molar-refractivity contribution < 1.29 is 19.1 Å². The molecule has 0 fully saturated rings. The van der Waals surface area contributed by atoms with Crippen molar-refractivity contribution >= 4 is 17.8 Å². The minimum atomic E-state index is -0.427. The molecule has 0 saturated carbocycles. The van der Waals surface area contributed by atoms with Gasteiger partial charge in [-0.3, -0.25) is 19.2 Å². The van der Waals surface area contributed by atoms with Crippen molar-refractivity contribution in [3.05, 3.63) is 53.3 Å². The Morgan fingerprint density at radius 2 is 1.79 bits per heavy atom. The average Bonchev–Trinajstić information content (AvgIpc) is 3.12. The van der Waals surface area contributed by atoms with E-state index in [0.717, 1.165) is 0 Å². The van der Waals surface area contributed by atoms with Gasteiger partial charge in [-0.1, -0.05) is 12.1 Å². The third-order valence-electron chi connectivity index (χ3n) is 3.83. The van der Waals surface area contributed by atoms with Crippen LogP contribution in [-0.4, -0.2) is 45.6 Å². The van der Waals surface area contributed by atoms with Crippen LogP contribution in [0, 0.1) is 0 Å². The predicted molar refractivity (Wildman–Crippen MR) is 84.5 cm³/mol. The van der Waals surface area contributed by atoms with Gasteiger partial charge in [0.05, 0.1) is 29.5 Å².